The Morgan fingerprint density at radius 1 is 1.13 bits per heavy atom. The summed E-state index contributed by atoms with van der Waals surface area (Å²) in [5.41, 5.74) is 1.30. The third kappa shape index (κ3) is 4.62. The number of amides is 1. The second-order valence-electron chi connectivity index (χ2n) is 6.93. The van der Waals surface area contributed by atoms with Crippen molar-refractivity contribution < 1.29 is 23.9 Å². The van der Waals surface area contributed by atoms with Crippen LogP contribution in [0.15, 0.2) is 36.4 Å². The summed E-state index contributed by atoms with van der Waals surface area (Å²) in [6.07, 6.45) is 1.88. The molecule has 1 aliphatic rings. The molecule has 0 spiro atoms. The Balaban J connectivity index is 1.73. The number of rotatable bonds is 8. The molecular weight excluding hydrogens is 390 g/mol. The maximum Gasteiger partial charge on any atom is 0.273 e. The first kappa shape index (κ1) is 21.4. The van der Waals surface area contributed by atoms with Crippen LogP contribution in [0.3, 0.4) is 0 Å². The lowest BCUT2D eigenvalue weighted by atomic mass is 10.0. The molecule has 3 rings (SSSR count). The van der Waals surface area contributed by atoms with Crippen molar-refractivity contribution in [3.8, 4) is 17.2 Å². The number of benzene rings is 2. The van der Waals surface area contributed by atoms with E-state index in [0.29, 0.717) is 11.4 Å². The number of nitrogens with zero attached hydrogens (tertiary/aromatic N) is 2. The Morgan fingerprint density at radius 3 is 2.57 bits per heavy atom. The lowest BCUT2D eigenvalue weighted by Crippen LogP contribution is -2.33. The first-order valence-electron chi connectivity index (χ1n) is 9.55. The van der Waals surface area contributed by atoms with E-state index in [1.807, 2.05) is 18.2 Å². The molecular formula is C21H25N3O6. The molecule has 0 bridgehead atoms. The van der Waals surface area contributed by atoms with E-state index < -0.39 is 4.92 Å². The summed E-state index contributed by atoms with van der Waals surface area (Å²) in [5.74, 6) is 1.46. The van der Waals surface area contributed by atoms with Crippen molar-refractivity contribution in [3.63, 3.8) is 0 Å². The van der Waals surface area contributed by atoms with Gasteiger partial charge in [0.15, 0.2) is 0 Å². The zero-order valence-electron chi connectivity index (χ0n) is 17.2. The molecule has 1 heterocycles. The summed E-state index contributed by atoms with van der Waals surface area (Å²) in [6, 6.07) is 9.84. The molecule has 2 aromatic rings. The molecule has 0 unspecified atom stereocenters. The predicted molar refractivity (Wildman–Crippen MR) is 111 cm³/mol. The van der Waals surface area contributed by atoms with Crippen molar-refractivity contribution in [2.24, 2.45) is 0 Å². The van der Waals surface area contributed by atoms with E-state index in [1.165, 1.54) is 25.3 Å². The lowest BCUT2D eigenvalue weighted by molar-refractivity contribution is -0.384. The summed E-state index contributed by atoms with van der Waals surface area (Å²) in [5, 5.41) is 13.7. The summed E-state index contributed by atoms with van der Waals surface area (Å²) in [7, 11) is 4.62. The summed E-state index contributed by atoms with van der Waals surface area (Å²) in [4.78, 5) is 25.2. The Labute approximate surface area is 174 Å². The van der Waals surface area contributed by atoms with Crippen molar-refractivity contribution in [1.82, 2.24) is 4.90 Å². The van der Waals surface area contributed by atoms with Crippen LogP contribution in [0.2, 0.25) is 0 Å². The van der Waals surface area contributed by atoms with Gasteiger partial charge in [0.25, 0.3) is 5.69 Å². The van der Waals surface area contributed by atoms with Crippen LogP contribution in [0.4, 0.5) is 11.4 Å². The van der Waals surface area contributed by atoms with E-state index in [-0.39, 0.29) is 29.9 Å². The van der Waals surface area contributed by atoms with Crippen LogP contribution < -0.4 is 19.5 Å². The van der Waals surface area contributed by atoms with Crippen molar-refractivity contribution >= 4 is 17.3 Å². The van der Waals surface area contributed by atoms with Gasteiger partial charge in [-0.2, -0.15) is 0 Å². The first-order chi connectivity index (χ1) is 14.5. The number of hydrogen-bond donors (Lipinski definition) is 1. The highest BCUT2D eigenvalue weighted by Gasteiger charge is 2.30. The quantitative estimate of drug-likeness (QED) is 0.521. The van der Waals surface area contributed by atoms with Gasteiger partial charge < -0.3 is 19.5 Å². The van der Waals surface area contributed by atoms with Gasteiger partial charge in [0, 0.05) is 23.7 Å². The highest BCUT2D eigenvalue weighted by molar-refractivity contribution is 5.94. The van der Waals surface area contributed by atoms with Crippen LogP contribution in [-0.4, -0.2) is 50.1 Å². The maximum atomic E-state index is 12.7. The number of likely N-dealkylation sites (tertiary alicyclic amines) is 1. The third-order valence-corrected chi connectivity index (χ3v) is 5.18. The summed E-state index contributed by atoms with van der Waals surface area (Å²) in [6.45, 7) is 0.963. The molecule has 0 aliphatic carbocycles. The Bertz CT molecular complexity index is 933. The normalized spacial score (nSPS) is 16.2. The van der Waals surface area contributed by atoms with Gasteiger partial charge >= 0.3 is 0 Å². The van der Waals surface area contributed by atoms with Crippen LogP contribution in [0.5, 0.6) is 17.2 Å². The van der Waals surface area contributed by atoms with Crippen LogP contribution >= 0.6 is 0 Å². The molecule has 1 fully saturated rings. The number of ether oxygens (including phenoxy) is 3. The fraction of sp³-hybridized carbons (Fsp3) is 0.381. The molecule has 1 amide bonds. The van der Waals surface area contributed by atoms with Crippen LogP contribution in [0, 0.1) is 10.1 Å². The molecule has 9 heteroatoms. The number of non-ortho nitro benzene ring substituents is 1. The van der Waals surface area contributed by atoms with Crippen molar-refractivity contribution in [2.75, 3.05) is 39.7 Å². The number of carbonyl (C=O) groups is 1. The Morgan fingerprint density at radius 2 is 1.90 bits per heavy atom. The zero-order chi connectivity index (χ0) is 21.7. The van der Waals surface area contributed by atoms with Gasteiger partial charge in [-0.05, 0) is 31.5 Å². The van der Waals surface area contributed by atoms with E-state index in [1.54, 1.807) is 14.2 Å². The number of hydrogen-bond acceptors (Lipinski definition) is 7. The molecule has 1 aliphatic heterocycles. The standard InChI is InChI=1S/C21H25N3O6/c1-28-15-7-8-16(19(12-15)29-2)18-5-4-10-23(18)13-21(25)22-17-9-6-14(24(26)27)11-20(17)30-3/h6-9,11-12,18H,4-5,10,13H2,1-3H3,(H,22,25)/t18-/m0/s1. The molecule has 1 saturated heterocycles. The fourth-order valence-corrected chi connectivity index (χ4v) is 3.73. The van der Waals surface area contributed by atoms with Gasteiger partial charge in [-0.3, -0.25) is 19.8 Å². The fourth-order valence-electron chi connectivity index (χ4n) is 3.73. The molecule has 160 valence electrons. The average Bonchev–Trinajstić information content (AvgIpc) is 3.20. The zero-order valence-corrected chi connectivity index (χ0v) is 17.2. The van der Waals surface area contributed by atoms with Gasteiger partial charge in [0.2, 0.25) is 5.91 Å². The van der Waals surface area contributed by atoms with Crippen LogP contribution in [0.1, 0.15) is 24.4 Å². The van der Waals surface area contributed by atoms with Crippen LogP contribution in [-0.2, 0) is 4.79 Å². The minimum atomic E-state index is -0.509. The first-order valence-corrected chi connectivity index (χ1v) is 9.55. The molecule has 9 nitrogen and oxygen atoms in total. The second kappa shape index (κ2) is 9.45. The molecule has 30 heavy (non-hydrogen) atoms. The monoisotopic (exact) mass is 415 g/mol. The Kier molecular flexibility index (Phi) is 6.73. The third-order valence-electron chi connectivity index (χ3n) is 5.18. The number of carbonyl (C=O) groups excluding carboxylic acids is 1. The molecule has 0 aromatic heterocycles. The van der Waals surface area contributed by atoms with E-state index in [4.69, 9.17) is 14.2 Å². The molecule has 0 saturated carbocycles. The number of nitro groups is 1. The molecule has 0 radical (unpaired) electrons. The van der Waals surface area contributed by atoms with Gasteiger partial charge in [-0.25, -0.2) is 0 Å². The van der Waals surface area contributed by atoms with Crippen molar-refractivity contribution in [1.29, 1.82) is 0 Å². The largest absolute Gasteiger partial charge is 0.497 e. The lowest BCUT2D eigenvalue weighted by Gasteiger charge is -2.26. The van der Waals surface area contributed by atoms with E-state index in [0.717, 1.165) is 30.7 Å². The second-order valence-corrected chi connectivity index (χ2v) is 6.93. The van der Waals surface area contributed by atoms with Gasteiger partial charge in [0.1, 0.15) is 17.2 Å². The van der Waals surface area contributed by atoms with Crippen LogP contribution in [0.25, 0.3) is 0 Å². The Hall–Kier alpha value is -3.33. The number of methoxy groups -OCH3 is 3. The van der Waals surface area contributed by atoms with Crippen molar-refractivity contribution in [2.45, 2.75) is 18.9 Å². The smallest absolute Gasteiger partial charge is 0.273 e. The minimum absolute atomic E-state index is 0.0513. The predicted octanol–water partition coefficient (Wildman–Crippen LogP) is 3.40. The van der Waals surface area contributed by atoms with Gasteiger partial charge in [-0.15, -0.1) is 0 Å². The topological polar surface area (TPSA) is 103 Å². The van der Waals surface area contributed by atoms with Gasteiger partial charge in [-0.1, -0.05) is 6.07 Å². The van der Waals surface area contributed by atoms with E-state index in [9.17, 15) is 14.9 Å². The van der Waals surface area contributed by atoms with E-state index in [2.05, 4.69) is 10.2 Å². The minimum Gasteiger partial charge on any atom is -0.497 e. The van der Waals surface area contributed by atoms with E-state index >= 15 is 0 Å². The number of anilines is 1. The average molecular weight is 415 g/mol. The maximum absolute atomic E-state index is 12.7. The summed E-state index contributed by atoms with van der Waals surface area (Å²) < 4.78 is 16.0. The molecule has 1 N–H and O–H groups in total. The molecule has 1 atom stereocenters. The highest BCUT2D eigenvalue weighted by atomic mass is 16.6. The highest BCUT2D eigenvalue weighted by Crippen LogP contribution is 2.38. The number of nitrogens with one attached hydrogen (secondary N) is 1. The number of nitro benzene ring substituents is 1. The van der Waals surface area contributed by atoms with Crippen molar-refractivity contribution in [3.05, 3.63) is 52.1 Å². The SMILES string of the molecule is COc1ccc([C@@H]2CCCN2CC(=O)Nc2ccc([N+](=O)[O-])cc2OC)c(OC)c1. The van der Waals surface area contributed by atoms with Gasteiger partial charge in [0.05, 0.1) is 44.6 Å². The molecule has 2 aromatic carbocycles. The summed E-state index contributed by atoms with van der Waals surface area (Å²) >= 11 is 0.